The SMILES string of the molecule is COC(CN)C1(OC)CCCC1. The molecule has 72 valence electrons. The summed E-state index contributed by atoms with van der Waals surface area (Å²) in [6, 6.07) is 0. The molecule has 0 aromatic heterocycles. The molecule has 0 aromatic carbocycles. The normalized spacial score (nSPS) is 24.2. The minimum Gasteiger partial charge on any atom is -0.377 e. The third-order valence-electron chi connectivity index (χ3n) is 2.94. The van der Waals surface area contributed by atoms with Gasteiger partial charge in [-0.15, -0.1) is 0 Å². The van der Waals surface area contributed by atoms with Crippen LogP contribution in [0.4, 0.5) is 0 Å². The van der Waals surface area contributed by atoms with Gasteiger partial charge in [-0.1, -0.05) is 12.8 Å². The minimum absolute atomic E-state index is 0.0602. The second kappa shape index (κ2) is 4.21. The average molecular weight is 173 g/mol. The number of rotatable bonds is 4. The minimum atomic E-state index is -0.0937. The van der Waals surface area contributed by atoms with Gasteiger partial charge in [-0.25, -0.2) is 0 Å². The molecule has 0 aliphatic heterocycles. The van der Waals surface area contributed by atoms with Gasteiger partial charge in [-0.3, -0.25) is 0 Å². The van der Waals surface area contributed by atoms with Gasteiger partial charge in [0.25, 0.3) is 0 Å². The molecule has 0 amide bonds. The van der Waals surface area contributed by atoms with Crippen molar-refractivity contribution in [1.29, 1.82) is 0 Å². The van der Waals surface area contributed by atoms with E-state index in [4.69, 9.17) is 15.2 Å². The standard InChI is InChI=1S/C9H19NO2/c1-11-8(7-10)9(12-2)5-3-4-6-9/h8H,3-7,10H2,1-2H3. The van der Waals surface area contributed by atoms with Crippen molar-refractivity contribution in [3.8, 4) is 0 Å². The molecular formula is C9H19NO2. The zero-order valence-corrected chi connectivity index (χ0v) is 8.01. The maximum absolute atomic E-state index is 5.62. The second-order valence-electron chi connectivity index (χ2n) is 3.44. The molecule has 1 aliphatic rings. The first-order valence-electron chi connectivity index (χ1n) is 4.57. The van der Waals surface area contributed by atoms with Crippen LogP contribution in [0.15, 0.2) is 0 Å². The smallest absolute Gasteiger partial charge is 0.0982 e. The van der Waals surface area contributed by atoms with Crippen LogP contribution in [0.1, 0.15) is 25.7 Å². The van der Waals surface area contributed by atoms with Gasteiger partial charge in [-0.2, -0.15) is 0 Å². The zero-order chi connectivity index (χ0) is 9.03. The third-order valence-corrected chi connectivity index (χ3v) is 2.94. The Hall–Kier alpha value is -0.120. The number of hydrogen-bond donors (Lipinski definition) is 1. The highest BCUT2D eigenvalue weighted by Gasteiger charge is 2.41. The van der Waals surface area contributed by atoms with Crippen molar-refractivity contribution in [2.45, 2.75) is 37.4 Å². The van der Waals surface area contributed by atoms with Gasteiger partial charge in [0.15, 0.2) is 0 Å². The van der Waals surface area contributed by atoms with Crippen LogP contribution in [0.5, 0.6) is 0 Å². The van der Waals surface area contributed by atoms with E-state index in [-0.39, 0.29) is 11.7 Å². The van der Waals surface area contributed by atoms with Crippen LogP contribution in [-0.2, 0) is 9.47 Å². The van der Waals surface area contributed by atoms with Crippen LogP contribution in [0.2, 0.25) is 0 Å². The fourth-order valence-electron chi connectivity index (χ4n) is 2.16. The summed E-state index contributed by atoms with van der Waals surface area (Å²) in [4.78, 5) is 0. The molecule has 0 heterocycles. The Balaban J connectivity index is 2.63. The first-order chi connectivity index (χ1) is 5.79. The molecule has 12 heavy (non-hydrogen) atoms. The third kappa shape index (κ3) is 1.63. The van der Waals surface area contributed by atoms with E-state index in [0.717, 1.165) is 12.8 Å². The van der Waals surface area contributed by atoms with Gasteiger partial charge in [0.05, 0.1) is 11.7 Å². The van der Waals surface area contributed by atoms with Crippen LogP contribution in [0.25, 0.3) is 0 Å². The van der Waals surface area contributed by atoms with Crippen molar-refractivity contribution in [3.63, 3.8) is 0 Å². The van der Waals surface area contributed by atoms with E-state index >= 15 is 0 Å². The molecule has 0 bridgehead atoms. The van der Waals surface area contributed by atoms with Gasteiger partial charge < -0.3 is 15.2 Å². The summed E-state index contributed by atoms with van der Waals surface area (Å²) in [7, 11) is 3.46. The maximum Gasteiger partial charge on any atom is 0.0982 e. The summed E-state index contributed by atoms with van der Waals surface area (Å²) in [5, 5.41) is 0. The van der Waals surface area contributed by atoms with E-state index in [1.807, 2.05) is 0 Å². The van der Waals surface area contributed by atoms with Gasteiger partial charge in [0, 0.05) is 20.8 Å². The van der Waals surface area contributed by atoms with Crippen LogP contribution >= 0.6 is 0 Å². The lowest BCUT2D eigenvalue weighted by atomic mass is 9.94. The molecule has 1 rings (SSSR count). The maximum atomic E-state index is 5.62. The average Bonchev–Trinajstić information content (AvgIpc) is 2.56. The molecule has 0 aromatic rings. The van der Waals surface area contributed by atoms with E-state index in [0.29, 0.717) is 6.54 Å². The van der Waals surface area contributed by atoms with Crippen LogP contribution in [0.3, 0.4) is 0 Å². The van der Waals surface area contributed by atoms with E-state index in [1.165, 1.54) is 12.8 Å². The van der Waals surface area contributed by atoms with Crippen molar-refractivity contribution < 1.29 is 9.47 Å². The van der Waals surface area contributed by atoms with E-state index in [9.17, 15) is 0 Å². The highest BCUT2D eigenvalue weighted by atomic mass is 16.5. The molecule has 1 saturated carbocycles. The predicted octanol–water partition coefficient (Wildman–Crippen LogP) is 0.919. The highest BCUT2D eigenvalue weighted by Crippen LogP contribution is 2.36. The summed E-state index contributed by atoms with van der Waals surface area (Å²) < 4.78 is 10.9. The lowest BCUT2D eigenvalue weighted by Gasteiger charge is -2.34. The van der Waals surface area contributed by atoms with Crippen molar-refractivity contribution >= 4 is 0 Å². The van der Waals surface area contributed by atoms with E-state index in [1.54, 1.807) is 14.2 Å². The Morgan fingerprint density at radius 1 is 1.33 bits per heavy atom. The van der Waals surface area contributed by atoms with Crippen LogP contribution in [0, 0.1) is 0 Å². The first-order valence-corrected chi connectivity index (χ1v) is 4.57. The lowest BCUT2D eigenvalue weighted by molar-refractivity contribution is -0.109. The quantitative estimate of drug-likeness (QED) is 0.687. The number of nitrogens with two attached hydrogens (primary N) is 1. The Morgan fingerprint density at radius 3 is 2.25 bits per heavy atom. The van der Waals surface area contributed by atoms with Gasteiger partial charge >= 0.3 is 0 Å². The summed E-state index contributed by atoms with van der Waals surface area (Å²) >= 11 is 0. The largest absolute Gasteiger partial charge is 0.377 e. The molecule has 3 heteroatoms. The van der Waals surface area contributed by atoms with Crippen molar-refractivity contribution in [2.75, 3.05) is 20.8 Å². The fraction of sp³-hybridized carbons (Fsp3) is 1.00. The molecule has 1 aliphatic carbocycles. The van der Waals surface area contributed by atoms with Crippen LogP contribution < -0.4 is 5.73 Å². The molecule has 1 fully saturated rings. The first kappa shape index (κ1) is 9.96. The van der Waals surface area contributed by atoms with Gasteiger partial charge in [0.1, 0.15) is 0 Å². The monoisotopic (exact) mass is 173 g/mol. The summed E-state index contributed by atoms with van der Waals surface area (Å²) in [6.07, 6.45) is 4.68. The van der Waals surface area contributed by atoms with Gasteiger partial charge in [0.2, 0.25) is 0 Å². The zero-order valence-electron chi connectivity index (χ0n) is 8.01. The highest BCUT2D eigenvalue weighted by molar-refractivity contribution is 4.93. The summed E-state index contributed by atoms with van der Waals surface area (Å²) in [5.74, 6) is 0. The number of methoxy groups -OCH3 is 2. The molecule has 0 radical (unpaired) electrons. The van der Waals surface area contributed by atoms with Crippen molar-refractivity contribution in [3.05, 3.63) is 0 Å². The topological polar surface area (TPSA) is 44.5 Å². The molecule has 1 atom stereocenters. The van der Waals surface area contributed by atoms with Crippen LogP contribution in [-0.4, -0.2) is 32.5 Å². The molecular weight excluding hydrogens is 154 g/mol. The Labute approximate surface area is 74.2 Å². The fourth-order valence-corrected chi connectivity index (χ4v) is 2.16. The van der Waals surface area contributed by atoms with Crippen molar-refractivity contribution in [2.24, 2.45) is 5.73 Å². The molecule has 3 nitrogen and oxygen atoms in total. The Bertz CT molecular complexity index is 128. The summed E-state index contributed by atoms with van der Waals surface area (Å²) in [6.45, 7) is 0.546. The second-order valence-corrected chi connectivity index (χ2v) is 3.44. The summed E-state index contributed by atoms with van der Waals surface area (Å²) in [5.41, 5.74) is 5.53. The van der Waals surface area contributed by atoms with E-state index in [2.05, 4.69) is 0 Å². The Morgan fingerprint density at radius 2 is 1.92 bits per heavy atom. The van der Waals surface area contributed by atoms with E-state index < -0.39 is 0 Å². The molecule has 1 unspecified atom stereocenters. The molecule has 0 saturated heterocycles. The number of hydrogen-bond acceptors (Lipinski definition) is 3. The molecule has 0 spiro atoms. The number of ether oxygens (including phenoxy) is 2. The predicted molar refractivity (Wildman–Crippen MR) is 48.1 cm³/mol. The van der Waals surface area contributed by atoms with Gasteiger partial charge in [-0.05, 0) is 12.8 Å². The molecule has 2 N–H and O–H groups in total. The Kier molecular flexibility index (Phi) is 3.50. The lowest BCUT2D eigenvalue weighted by Crippen LogP contribution is -2.47. The van der Waals surface area contributed by atoms with Crippen molar-refractivity contribution in [1.82, 2.24) is 0 Å².